The first-order chi connectivity index (χ1) is 13.3. The number of carboxylic acid groups (broad SMARTS) is 1. The van der Waals surface area contributed by atoms with Gasteiger partial charge in [0.25, 0.3) is 0 Å². The molecule has 150 valence electrons. The van der Waals surface area contributed by atoms with Crippen LogP contribution in [0.3, 0.4) is 0 Å². The summed E-state index contributed by atoms with van der Waals surface area (Å²) in [6, 6.07) is 3.93. The Hall–Kier alpha value is -1.84. The lowest BCUT2D eigenvalue weighted by Crippen LogP contribution is -2.64. The highest BCUT2D eigenvalue weighted by molar-refractivity contribution is 5.91. The van der Waals surface area contributed by atoms with Gasteiger partial charge in [-0.25, -0.2) is 0 Å². The molecule has 5 rings (SSSR count). The van der Waals surface area contributed by atoms with Gasteiger partial charge in [0.2, 0.25) is 0 Å². The zero-order chi connectivity index (χ0) is 20.1. The lowest BCUT2D eigenvalue weighted by atomic mass is 9.42. The predicted molar refractivity (Wildman–Crippen MR) is 105 cm³/mol. The number of furan rings is 1. The van der Waals surface area contributed by atoms with Gasteiger partial charge in [-0.3, -0.25) is 4.79 Å². The van der Waals surface area contributed by atoms with Crippen molar-refractivity contribution < 1.29 is 19.1 Å². The van der Waals surface area contributed by atoms with Crippen LogP contribution < -0.4 is 0 Å². The smallest absolute Gasteiger partial charge is 0.315 e. The summed E-state index contributed by atoms with van der Waals surface area (Å²) in [6.45, 7) is 8.34. The Bertz CT molecular complexity index is 894. The first kappa shape index (κ1) is 18.2. The zero-order valence-corrected chi connectivity index (χ0v) is 17.2. The first-order valence-corrected chi connectivity index (χ1v) is 10.7. The molecule has 4 bridgehead atoms. The normalized spacial score (nSPS) is 46.0. The second-order valence-electron chi connectivity index (χ2n) is 10.2. The van der Waals surface area contributed by atoms with E-state index in [1.807, 2.05) is 19.1 Å². The average Bonchev–Trinajstić information content (AvgIpc) is 3.35. The Kier molecular flexibility index (Phi) is 3.51. The first-order valence-electron chi connectivity index (χ1n) is 10.7. The highest BCUT2D eigenvalue weighted by atomic mass is 16.4. The molecular weight excluding hydrogens is 352 g/mol. The maximum atomic E-state index is 13.3. The van der Waals surface area contributed by atoms with Crippen LogP contribution in [0.1, 0.15) is 58.0 Å². The number of allylic oxidation sites excluding steroid dienone is 1. The summed E-state index contributed by atoms with van der Waals surface area (Å²) in [5, 5.41) is 10.9. The third kappa shape index (κ3) is 1.63. The van der Waals surface area contributed by atoms with Gasteiger partial charge in [-0.1, -0.05) is 38.8 Å². The molecule has 0 spiro atoms. The summed E-state index contributed by atoms with van der Waals surface area (Å²) in [5.74, 6) is 1.96. The largest absolute Gasteiger partial charge is 0.481 e. The fourth-order valence-corrected chi connectivity index (χ4v) is 8.31. The summed E-state index contributed by atoms with van der Waals surface area (Å²) in [5.41, 5.74) is -1.70. The van der Waals surface area contributed by atoms with E-state index in [9.17, 15) is 14.7 Å². The molecule has 3 saturated carbocycles. The van der Waals surface area contributed by atoms with Crippen LogP contribution in [-0.2, 0) is 15.0 Å². The molecule has 1 heterocycles. The Labute approximate surface area is 166 Å². The topological polar surface area (TPSA) is 67.5 Å². The minimum Gasteiger partial charge on any atom is -0.481 e. The Morgan fingerprint density at radius 1 is 1.29 bits per heavy atom. The molecule has 4 unspecified atom stereocenters. The predicted octanol–water partition coefficient (Wildman–Crippen LogP) is 4.76. The molecule has 0 saturated heterocycles. The SMILES string of the molecule is Cc1ccc(C23C[C@@H]4[C@H](C)CC[C@H]4C4(C=O)CC2C=C(C(C)C)C34C(=O)O)o1. The quantitative estimate of drug-likeness (QED) is 0.602. The van der Waals surface area contributed by atoms with Crippen molar-refractivity contribution in [2.75, 3.05) is 0 Å². The molecule has 0 aliphatic heterocycles. The summed E-state index contributed by atoms with van der Waals surface area (Å²) in [4.78, 5) is 26.2. The molecule has 4 heteroatoms. The third-order valence-corrected chi connectivity index (χ3v) is 9.10. The molecule has 0 aromatic carbocycles. The highest BCUT2D eigenvalue weighted by Crippen LogP contribution is 2.82. The van der Waals surface area contributed by atoms with E-state index in [-0.39, 0.29) is 17.8 Å². The van der Waals surface area contributed by atoms with Crippen LogP contribution in [0.4, 0.5) is 0 Å². The molecule has 1 aromatic heterocycles. The number of aldehydes is 1. The lowest BCUT2D eigenvalue weighted by molar-refractivity contribution is -0.173. The van der Waals surface area contributed by atoms with Crippen LogP contribution in [-0.4, -0.2) is 17.4 Å². The average molecular weight is 383 g/mol. The molecule has 28 heavy (non-hydrogen) atoms. The van der Waals surface area contributed by atoms with Gasteiger partial charge < -0.3 is 14.3 Å². The van der Waals surface area contributed by atoms with E-state index in [2.05, 4.69) is 26.8 Å². The number of rotatable bonds is 4. The molecule has 1 aromatic rings. The third-order valence-electron chi connectivity index (χ3n) is 9.10. The van der Waals surface area contributed by atoms with E-state index >= 15 is 0 Å². The van der Waals surface area contributed by atoms with Crippen molar-refractivity contribution in [3.63, 3.8) is 0 Å². The standard InChI is InChI=1S/C24H30O4/c1-13(2)19-9-16-10-22(12-25)18-7-5-14(3)17(18)11-23(16,24(19,22)21(26)27)20-8-6-15(4)28-20/h6,8-9,12-14,16-18H,5,7,10-11H2,1-4H3,(H,26,27)/t14-,16?,17-,18-,22?,23?,24?/m1/s1. The van der Waals surface area contributed by atoms with Crippen LogP contribution in [0.25, 0.3) is 0 Å². The number of fused-ring (bicyclic) bond motifs is 2. The van der Waals surface area contributed by atoms with Crippen LogP contribution >= 0.6 is 0 Å². The van der Waals surface area contributed by atoms with E-state index in [4.69, 9.17) is 4.42 Å². The zero-order valence-electron chi connectivity index (χ0n) is 17.2. The van der Waals surface area contributed by atoms with Crippen LogP contribution in [0.2, 0.25) is 0 Å². The Balaban J connectivity index is 1.87. The minimum atomic E-state index is -1.18. The van der Waals surface area contributed by atoms with Crippen LogP contribution in [0.15, 0.2) is 28.2 Å². The summed E-state index contributed by atoms with van der Waals surface area (Å²) in [7, 11) is 0. The summed E-state index contributed by atoms with van der Waals surface area (Å²) < 4.78 is 6.19. The fourth-order valence-electron chi connectivity index (χ4n) is 8.31. The highest BCUT2D eigenvalue weighted by Gasteiger charge is 2.85. The van der Waals surface area contributed by atoms with Gasteiger partial charge in [-0.05, 0) is 67.9 Å². The molecule has 7 atom stereocenters. The van der Waals surface area contributed by atoms with Gasteiger partial charge in [-0.2, -0.15) is 0 Å². The number of hydrogen-bond donors (Lipinski definition) is 1. The van der Waals surface area contributed by atoms with Crippen LogP contribution in [0.5, 0.6) is 0 Å². The fraction of sp³-hybridized carbons (Fsp3) is 0.667. The van der Waals surface area contributed by atoms with Crippen molar-refractivity contribution in [1.82, 2.24) is 0 Å². The summed E-state index contributed by atoms with van der Waals surface area (Å²) in [6.07, 6.45) is 6.78. The molecule has 0 amide bonds. The molecule has 0 radical (unpaired) electrons. The maximum Gasteiger partial charge on any atom is 0.315 e. The molecule has 1 N–H and O–H groups in total. The summed E-state index contributed by atoms with van der Waals surface area (Å²) >= 11 is 0. The van der Waals surface area contributed by atoms with E-state index < -0.39 is 22.2 Å². The van der Waals surface area contributed by atoms with Gasteiger partial charge in [0.1, 0.15) is 23.2 Å². The molecule has 4 nitrogen and oxygen atoms in total. The number of hydrogen-bond acceptors (Lipinski definition) is 3. The number of aliphatic carboxylic acids is 1. The van der Waals surface area contributed by atoms with Gasteiger partial charge in [0, 0.05) is 0 Å². The van der Waals surface area contributed by atoms with Gasteiger partial charge >= 0.3 is 5.97 Å². The number of aryl methyl sites for hydroxylation is 1. The maximum absolute atomic E-state index is 13.3. The molecule has 4 aliphatic carbocycles. The van der Waals surface area contributed by atoms with E-state index in [0.29, 0.717) is 18.3 Å². The van der Waals surface area contributed by atoms with Crippen molar-refractivity contribution in [2.45, 2.75) is 58.8 Å². The molecular formula is C24H30O4. The number of carbonyl (C=O) groups is 2. The second-order valence-corrected chi connectivity index (χ2v) is 10.2. The Morgan fingerprint density at radius 3 is 2.61 bits per heavy atom. The van der Waals surface area contributed by atoms with Crippen molar-refractivity contribution in [3.8, 4) is 0 Å². The Morgan fingerprint density at radius 2 is 2.04 bits per heavy atom. The van der Waals surface area contributed by atoms with Crippen LogP contribution in [0, 0.1) is 47.3 Å². The van der Waals surface area contributed by atoms with Crippen molar-refractivity contribution in [3.05, 3.63) is 35.3 Å². The van der Waals surface area contributed by atoms with E-state index in [0.717, 1.165) is 42.6 Å². The number of carboxylic acids is 1. The van der Waals surface area contributed by atoms with Gasteiger partial charge in [-0.15, -0.1) is 0 Å². The lowest BCUT2D eigenvalue weighted by Gasteiger charge is -2.57. The minimum absolute atomic E-state index is 0.0505. The van der Waals surface area contributed by atoms with Crippen molar-refractivity contribution in [1.29, 1.82) is 0 Å². The van der Waals surface area contributed by atoms with E-state index in [1.165, 1.54) is 0 Å². The van der Waals surface area contributed by atoms with Crippen molar-refractivity contribution >= 4 is 12.3 Å². The molecule has 3 fully saturated rings. The van der Waals surface area contributed by atoms with E-state index in [1.54, 1.807) is 0 Å². The second kappa shape index (κ2) is 5.40. The monoisotopic (exact) mass is 382 g/mol. The van der Waals surface area contributed by atoms with Crippen molar-refractivity contribution in [2.24, 2.45) is 40.4 Å². The molecule has 4 aliphatic rings. The van der Waals surface area contributed by atoms with Gasteiger partial charge in [0.15, 0.2) is 0 Å². The number of carbonyl (C=O) groups excluding carboxylic acids is 1. The van der Waals surface area contributed by atoms with Gasteiger partial charge in [0.05, 0.1) is 10.8 Å².